The number of nitrogens with one attached hydrogen (secondary N) is 2. The predicted molar refractivity (Wildman–Crippen MR) is 131 cm³/mol. The number of carbonyl (C=O) groups excluding carboxylic acids is 3. The van der Waals surface area contributed by atoms with Crippen molar-refractivity contribution in [1.29, 1.82) is 0 Å². The van der Waals surface area contributed by atoms with Gasteiger partial charge in [0.15, 0.2) is 0 Å². The Balaban J connectivity index is 1.30. The first-order valence-corrected chi connectivity index (χ1v) is 12.2. The van der Waals surface area contributed by atoms with Crippen molar-refractivity contribution in [1.82, 2.24) is 25.3 Å². The highest BCUT2D eigenvalue weighted by Gasteiger charge is 2.52. The van der Waals surface area contributed by atoms with Crippen molar-refractivity contribution >= 4 is 17.8 Å². The third-order valence-corrected chi connectivity index (χ3v) is 7.08. The summed E-state index contributed by atoms with van der Waals surface area (Å²) in [6.07, 6.45) is 4.72. The summed E-state index contributed by atoms with van der Waals surface area (Å²) < 4.78 is 15.2. The summed E-state index contributed by atoms with van der Waals surface area (Å²) in [5, 5.41) is 10.3. The van der Waals surface area contributed by atoms with Crippen LogP contribution in [0.4, 0.5) is 9.18 Å². The van der Waals surface area contributed by atoms with Crippen LogP contribution in [0.1, 0.15) is 38.2 Å². The first-order valence-electron chi connectivity index (χ1n) is 12.2. The molecule has 1 saturated heterocycles. The molecule has 5 rings (SSSR count). The molecule has 0 atom stereocenters. The van der Waals surface area contributed by atoms with E-state index in [0.29, 0.717) is 35.6 Å². The Labute approximate surface area is 208 Å². The van der Waals surface area contributed by atoms with Crippen LogP contribution in [-0.2, 0) is 16.1 Å². The van der Waals surface area contributed by atoms with Gasteiger partial charge in [-0.15, -0.1) is 0 Å². The van der Waals surface area contributed by atoms with E-state index in [1.165, 1.54) is 12.1 Å². The van der Waals surface area contributed by atoms with Gasteiger partial charge in [0.05, 0.1) is 11.4 Å². The van der Waals surface area contributed by atoms with Crippen LogP contribution in [0.25, 0.3) is 16.9 Å². The van der Waals surface area contributed by atoms with Crippen LogP contribution >= 0.6 is 0 Å². The Morgan fingerprint density at radius 1 is 1.11 bits per heavy atom. The Bertz CT molecular complexity index is 1280. The van der Waals surface area contributed by atoms with Crippen LogP contribution in [0.15, 0.2) is 60.8 Å². The third-order valence-electron chi connectivity index (χ3n) is 7.08. The first-order chi connectivity index (χ1) is 17.3. The van der Waals surface area contributed by atoms with Crippen molar-refractivity contribution in [2.45, 2.75) is 44.7 Å². The molecule has 9 heteroatoms. The summed E-state index contributed by atoms with van der Waals surface area (Å²) in [5.74, 6) is -0.602. The highest BCUT2D eigenvalue weighted by molar-refractivity contribution is 6.09. The number of benzene rings is 2. The molecular formula is C27H28FN5O3. The second-order valence-electron chi connectivity index (χ2n) is 9.65. The maximum Gasteiger partial charge on any atom is 0.325 e. The first kappa shape index (κ1) is 23.7. The van der Waals surface area contributed by atoms with Crippen LogP contribution in [0.3, 0.4) is 0 Å². The van der Waals surface area contributed by atoms with Gasteiger partial charge >= 0.3 is 6.03 Å². The average Bonchev–Trinajstić information content (AvgIpc) is 3.41. The van der Waals surface area contributed by atoms with Crippen molar-refractivity contribution in [3.05, 3.63) is 72.2 Å². The molecule has 2 heterocycles. The molecule has 2 aliphatic rings. The van der Waals surface area contributed by atoms with Gasteiger partial charge in [0.2, 0.25) is 5.91 Å². The van der Waals surface area contributed by atoms with E-state index in [1.807, 2.05) is 30.3 Å². The van der Waals surface area contributed by atoms with E-state index in [0.717, 1.165) is 23.4 Å². The van der Waals surface area contributed by atoms with Gasteiger partial charge in [-0.2, -0.15) is 5.10 Å². The third kappa shape index (κ3) is 4.60. The van der Waals surface area contributed by atoms with Crippen molar-refractivity contribution in [3.63, 3.8) is 0 Å². The van der Waals surface area contributed by atoms with Crippen molar-refractivity contribution < 1.29 is 18.8 Å². The molecular weight excluding hydrogens is 461 g/mol. The van der Waals surface area contributed by atoms with Gasteiger partial charge in [0.1, 0.15) is 17.9 Å². The summed E-state index contributed by atoms with van der Waals surface area (Å²) in [6, 6.07) is 15.0. The average molecular weight is 490 g/mol. The van der Waals surface area contributed by atoms with Crippen LogP contribution in [0, 0.1) is 11.7 Å². The lowest BCUT2D eigenvalue weighted by atomic mass is 9.77. The monoisotopic (exact) mass is 489 g/mol. The van der Waals surface area contributed by atoms with E-state index < -0.39 is 17.5 Å². The molecule has 1 aliphatic carbocycles. The highest BCUT2D eigenvalue weighted by atomic mass is 19.1. The number of amides is 4. The molecule has 1 aliphatic heterocycles. The number of urea groups is 1. The number of carbonyl (C=O) groups is 3. The van der Waals surface area contributed by atoms with Crippen molar-refractivity contribution in [3.8, 4) is 16.9 Å². The summed E-state index contributed by atoms with van der Waals surface area (Å²) in [4.78, 5) is 39.4. The zero-order chi connectivity index (χ0) is 25.3. The normalized spacial score (nSPS) is 21.6. The topological polar surface area (TPSA) is 96.3 Å². The fourth-order valence-corrected chi connectivity index (χ4v) is 4.91. The van der Waals surface area contributed by atoms with Gasteiger partial charge in [-0.05, 0) is 68.0 Å². The van der Waals surface area contributed by atoms with E-state index in [1.54, 1.807) is 23.0 Å². The second kappa shape index (κ2) is 9.56. The van der Waals surface area contributed by atoms with Gasteiger partial charge < -0.3 is 10.6 Å². The van der Waals surface area contributed by atoms with Gasteiger partial charge in [-0.1, -0.05) is 25.1 Å². The molecule has 0 radical (unpaired) electrons. The largest absolute Gasteiger partial charge is 0.350 e. The lowest BCUT2D eigenvalue weighted by molar-refractivity contribution is -0.136. The number of para-hydroxylation sites is 1. The minimum absolute atomic E-state index is 0.130. The zero-order valence-corrected chi connectivity index (χ0v) is 20.0. The minimum atomic E-state index is -0.879. The summed E-state index contributed by atoms with van der Waals surface area (Å²) in [5.41, 5.74) is 1.98. The van der Waals surface area contributed by atoms with Gasteiger partial charge in [0.25, 0.3) is 5.91 Å². The molecule has 1 aromatic heterocycles. The number of nitrogens with zero attached hydrogens (tertiary/aromatic N) is 3. The smallest absolute Gasteiger partial charge is 0.325 e. The number of halogens is 1. The molecule has 4 amide bonds. The van der Waals surface area contributed by atoms with Gasteiger partial charge in [0, 0.05) is 23.9 Å². The Morgan fingerprint density at radius 3 is 2.50 bits per heavy atom. The summed E-state index contributed by atoms with van der Waals surface area (Å²) >= 11 is 0. The lowest BCUT2D eigenvalue weighted by Crippen LogP contribution is -2.49. The fraction of sp³-hybridized carbons (Fsp3) is 0.333. The lowest BCUT2D eigenvalue weighted by Gasteiger charge is -2.33. The number of rotatable bonds is 6. The Hall–Kier alpha value is -4.01. The summed E-state index contributed by atoms with van der Waals surface area (Å²) in [6.45, 7) is 1.92. The fourth-order valence-electron chi connectivity index (χ4n) is 4.91. The number of aromatic nitrogens is 2. The molecule has 8 nitrogen and oxygen atoms in total. The minimum Gasteiger partial charge on any atom is -0.350 e. The molecule has 0 bridgehead atoms. The van der Waals surface area contributed by atoms with Crippen LogP contribution < -0.4 is 10.6 Å². The van der Waals surface area contributed by atoms with Gasteiger partial charge in [-0.25, -0.2) is 13.9 Å². The number of hydrogen-bond donors (Lipinski definition) is 2. The molecule has 2 fully saturated rings. The SMILES string of the molecule is CC1CCC2(CC1)NC(=O)N(CC(=O)NCc1cn(-c3ccccc3)nc1-c1ccc(F)cc1)C2=O. The van der Waals surface area contributed by atoms with E-state index >= 15 is 0 Å². The number of hydrogen-bond acceptors (Lipinski definition) is 4. The molecule has 2 N–H and O–H groups in total. The van der Waals surface area contributed by atoms with E-state index in [-0.39, 0.29) is 24.8 Å². The second-order valence-corrected chi connectivity index (χ2v) is 9.65. The molecule has 2 aromatic carbocycles. The molecule has 1 saturated carbocycles. The molecule has 36 heavy (non-hydrogen) atoms. The number of imide groups is 1. The quantitative estimate of drug-likeness (QED) is 0.515. The maximum absolute atomic E-state index is 13.5. The van der Waals surface area contributed by atoms with Crippen molar-refractivity contribution in [2.24, 2.45) is 5.92 Å². The predicted octanol–water partition coefficient (Wildman–Crippen LogP) is 3.80. The molecule has 1 spiro atoms. The summed E-state index contributed by atoms with van der Waals surface area (Å²) in [7, 11) is 0. The van der Waals surface area contributed by atoms with E-state index in [4.69, 9.17) is 0 Å². The van der Waals surface area contributed by atoms with Crippen LogP contribution in [0.5, 0.6) is 0 Å². The molecule has 3 aromatic rings. The Morgan fingerprint density at radius 2 is 1.81 bits per heavy atom. The maximum atomic E-state index is 13.5. The van der Waals surface area contributed by atoms with E-state index in [9.17, 15) is 18.8 Å². The molecule has 0 unspecified atom stereocenters. The molecule has 186 valence electrons. The van der Waals surface area contributed by atoms with Crippen LogP contribution in [-0.4, -0.2) is 44.6 Å². The highest BCUT2D eigenvalue weighted by Crippen LogP contribution is 2.36. The van der Waals surface area contributed by atoms with Crippen molar-refractivity contribution in [2.75, 3.05) is 6.54 Å². The van der Waals surface area contributed by atoms with E-state index in [2.05, 4.69) is 22.7 Å². The van der Waals surface area contributed by atoms with Crippen LogP contribution in [0.2, 0.25) is 0 Å². The zero-order valence-electron chi connectivity index (χ0n) is 20.0. The Kier molecular flexibility index (Phi) is 6.30. The van der Waals surface area contributed by atoms with Gasteiger partial charge in [-0.3, -0.25) is 14.5 Å². The standard InChI is InChI=1S/C27H28FN5O3/c1-18-11-13-27(14-12-18)25(35)32(26(36)30-27)17-23(34)29-15-20-16-33(22-5-3-2-4-6-22)31-24(20)19-7-9-21(28)10-8-19/h2-10,16,18H,11-15,17H2,1H3,(H,29,34)(H,30,36).